The Hall–Kier alpha value is -4.53. The van der Waals surface area contributed by atoms with E-state index < -0.39 is 35.1 Å². The molecule has 49 heavy (non-hydrogen) atoms. The Morgan fingerprint density at radius 3 is 2.12 bits per heavy atom. The van der Waals surface area contributed by atoms with Crippen molar-refractivity contribution in [3.8, 4) is 0 Å². The molecule has 2 unspecified atom stereocenters. The summed E-state index contributed by atoms with van der Waals surface area (Å²) in [6.07, 6.45) is 5.19. The summed E-state index contributed by atoms with van der Waals surface area (Å²) in [6.45, 7) is 13.9. The number of aliphatic hydroxyl groups is 1. The van der Waals surface area contributed by atoms with Gasteiger partial charge in [0.15, 0.2) is 0 Å². The van der Waals surface area contributed by atoms with Gasteiger partial charge in [-0.25, -0.2) is 0 Å². The summed E-state index contributed by atoms with van der Waals surface area (Å²) in [7, 11) is 0. The van der Waals surface area contributed by atoms with Gasteiger partial charge in [0.25, 0.3) is 5.91 Å². The zero-order valence-electron chi connectivity index (χ0n) is 28.8. The Balaban J connectivity index is 1.52. The standard InChI is InChI=1S/C41H47N3O5/c1-6-24-42(31-20-13-10-14-21-31)37(46)33-34-38(47)44(32(27-45)26-30-18-11-9-12-19-30)36(41(34)23-22-40(33,8-3)49-41)39(48)43(25-7-2)35-28(4)16-15-17-29(35)5/h6-7,9-21,32-34,36,45H,1-2,8,22-27H2,3-5H3/t32-,33+,34+,36?,40-,41?/m1/s1. The lowest BCUT2D eigenvalue weighted by Crippen LogP contribution is -2.59. The van der Waals surface area contributed by atoms with Crippen molar-refractivity contribution in [1.29, 1.82) is 0 Å². The molecule has 6 atom stereocenters. The number of fused-ring (bicyclic) bond motifs is 1. The summed E-state index contributed by atoms with van der Waals surface area (Å²) in [6, 6.07) is 23.1. The Kier molecular flexibility index (Phi) is 9.65. The number of amides is 3. The van der Waals surface area contributed by atoms with Crippen molar-refractivity contribution in [2.24, 2.45) is 11.8 Å². The second kappa shape index (κ2) is 13.8. The van der Waals surface area contributed by atoms with E-state index in [1.165, 1.54) is 0 Å². The Labute approximate surface area is 289 Å². The van der Waals surface area contributed by atoms with Gasteiger partial charge in [0, 0.05) is 24.5 Å². The van der Waals surface area contributed by atoms with Crippen molar-refractivity contribution in [1.82, 2.24) is 4.90 Å². The van der Waals surface area contributed by atoms with Crippen LogP contribution in [0.5, 0.6) is 0 Å². The fourth-order valence-electron chi connectivity index (χ4n) is 8.87. The molecule has 8 heteroatoms. The molecule has 3 amide bonds. The van der Waals surface area contributed by atoms with E-state index >= 15 is 9.59 Å². The van der Waals surface area contributed by atoms with E-state index in [0.717, 1.165) is 22.4 Å². The summed E-state index contributed by atoms with van der Waals surface area (Å²) in [5.41, 5.74) is 2.04. The van der Waals surface area contributed by atoms with Gasteiger partial charge < -0.3 is 24.5 Å². The topological polar surface area (TPSA) is 90.4 Å². The number of hydrogen-bond donors (Lipinski definition) is 1. The minimum atomic E-state index is -1.26. The molecular formula is C41H47N3O5. The first kappa shape index (κ1) is 34.3. The lowest BCUT2D eigenvalue weighted by Gasteiger charge is -2.40. The zero-order valence-corrected chi connectivity index (χ0v) is 28.8. The summed E-state index contributed by atoms with van der Waals surface area (Å²) in [5.74, 6) is -2.59. The molecule has 2 bridgehead atoms. The summed E-state index contributed by atoms with van der Waals surface area (Å²) >= 11 is 0. The van der Waals surface area contributed by atoms with Crippen LogP contribution in [-0.2, 0) is 25.5 Å². The Bertz CT molecular complexity index is 1710. The highest BCUT2D eigenvalue weighted by Crippen LogP contribution is 2.65. The molecule has 0 radical (unpaired) electrons. The van der Waals surface area contributed by atoms with Gasteiger partial charge >= 0.3 is 0 Å². The van der Waals surface area contributed by atoms with Crippen molar-refractivity contribution in [3.05, 3.63) is 121 Å². The van der Waals surface area contributed by atoms with E-state index in [1.807, 2.05) is 99.6 Å². The molecule has 3 aromatic rings. The molecule has 3 heterocycles. The fraction of sp³-hybridized carbons (Fsp3) is 0.390. The SMILES string of the molecule is C=CCN(C(=O)[C@@H]1[C@H]2C(=O)N([C@@H](CO)Cc3ccccc3)C(C(=O)N(CC=C)c3c(C)cccc3C)C23CC[C@@]1(CC)O3)c1ccccc1. The number of aliphatic hydroxyl groups excluding tert-OH is 1. The highest BCUT2D eigenvalue weighted by molar-refractivity contribution is 6.07. The van der Waals surface area contributed by atoms with Gasteiger partial charge in [0.05, 0.1) is 30.1 Å². The molecule has 0 saturated carbocycles. The minimum absolute atomic E-state index is 0.217. The minimum Gasteiger partial charge on any atom is -0.394 e. The van der Waals surface area contributed by atoms with E-state index in [9.17, 15) is 9.90 Å². The van der Waals surface area contributed by atoms with Crippen molar-refractivity contribution in [3.63, 3.8) is 0 Å². The maximum Gasteiger partial charge on any atom is 0.253 e. The van der Waals surface area contributed by atoms with Gasteiger partial charge in [-0.2, -0.15) is 0 Å². The number of aryl methyl sites for hydroxylation is 2. The number of carbonyl (C=O) groups is 3. The second-order valence-electron chi connectivity index (χ2n) is 13.7. The third-order valence-electron chi connectivity index (χ3n) is 11.0. The van der Waals surface area contributed by atoms with Gasteiger partial charge in [-0.1, -0.05) is 85.8 Å². The van der Waals surface area contributed by atoms with Gasteiger partial charge in [-0.3, -0.25) is 14.4 Å². The molecule has 0 aliphatic carbocycles. The number of benzene rings is 3. The van der Waals surface area contributed by atoms with E-state index in [2.05, 4.69) is 13.2 Å². The summed E-state index contributed by atoms with van der Waals surface area (Å²) in [5, 5.41) is 11.0. The molecule has 1 N–H and O–H groups in total. The fourth-order valence-corrected chi connectivity index (χ4v) is 8.87. The van der Waals surface area contributed by atoms with Crippen LogP contribution >= 0.6 is 0 Å². The number of ether oxygens (including phenoxy) is 1. The maximum atomic E-state index is 15.3. The largest absolute Gasteiger partial charge is 0.394 e. The van der Waals surface area contributed by atoms with Crippen LogP contribution in [0.4, 0.5) is 11.4 Å². The molecule has 3 aliphatic rings. The second-order valence-corrected chi connectivity index (χ2v) is 13.7. The molecular weight excluding hydrogens is 614 g/mol. The van der Waals surface area contributed by atoms with Crippen LogP contribution in [-0.4, -0.2) is 70.7 Å². The predicted molar refractivity (Wildman–Crippen MR) is 192 cm³/mol. The average Bonchev–Trinajstić information content (AvgIpc) is 3.73. The molecule has 3 aliphatic heterocycles. The van der Waals surface area contributed by atoms with Gasteiger partial charge in [0.1, 0.15) is 11.6 Å². The highest BCUT2D eigenvalue weighted by Gasteiger charge is 2.79. The quantitative estimate of drug-likeness (QED) is 0.234. The molecule has 3 saturated heterocycles. The highest BCUT2D eigenvalue weighted by atomic mass is 16.5. The Morgan fingerprint density at radius 2 is 1.53 bits per heavy atom. The third kappa shape index (κ3) is 5.61. The van der Waals surface area contributed by atoms with Gasteiger partial charge in [0.2, 0.25) is 11.8 Å². The predicted octanol–water partition coefficient (Wildman–Crippen LogP) is 5.80. The number of carbonyl (C=O) groups excluding carboxylic acids is 3. The monoisotopic (exact) mass is 661 g/mol. The number of likely N-dealkylation sites (tertiary alicyclic amines) is 1. The Morgan fingerprint density at radius 1 is 0.918 bits per heavy atom. The van der Waals surface area contributed by atoms with Crippen molar-refractivity contribution in [2.45, 2.75) is 69.7 Å². The van der Waals surface area contributed by atoms with Crippen LogP contribution in [0.15, 0.2) is 104 Å². The van der Waals surface area contributed by atoms with E-state index in [-0.39, 0.29) is 37.4 Å². The molecule has 8 nitrogen and oxygen atoms in total. The maximum absolute atomic E-state index is 15.3. The van der Waals surface area contributed by atoms with Crippen LogP contribution in [0.3, 0.4) is 0 Å². The van der Waals surface area contributed by atoms with Gasteiger partial charge in [-0.05, 0) is 68.4 Å². The van der Waals surface area contributed by atoms with Crippen LogP contribution in [0.25, 0.3) is 0 Å². The number of anilines is 2. The lowest BCUT2D eigenvalue weighted by atomic mass is 9.64. The van der Waals surface area contributed by atoms with Crippen molar-refractivity contribution >= 4 is 29.1 Å². The van der Waals surface area contributed by atoms with E-state index in [0.29, 0.717) is 31.4 Å². The zero-order chi connectivity index (χ0) is 34.9. The van der Waals surface area contributed by atoms with Gasteiger partial charge in [-0.15, -0.1) is 13.2 Å². The van der Waals surface area contributed by atoms with Crippen molar-refractivity contribution in [2.75, 3.05) is 29.5 Å². The molecule has 3 fully saturated rings. The van der Waals surface area contributed by atoms with Crippen LogP contribution in [0, 0.1) is 25.7 Å². The number of para-hydroxylation sites is 2. The van der Waals surface area contributed by atoms with Crippen LogP contribution in [0.2, 0.25) is 0 Å². The molecule has 6 rings (SSSR count). The first-order valence-corrected chi connectivity index (χ1v) is 17.3. The molecule has 256 valence electrons. The first-order chi connectivity index (χ1) is 23.7. The number of nitrogens with zero attached hydrogens (tertiary/aromatic N) is 3. The smallest absolute Gasteiger partial charge is 0.253 e. The molecule has 0 aromatic heterocycles. The van der Waals surface area contributed by atoms with E-state index in [4.69, 9.17) is 4.74 Å². The normalized spacial score (nSPS) is 25.9. The van der Waals surface area contributed by atoms with Crippen LogP contribution < -0.4 is 9.80 Å². The summed E-state index contributed by atoms with van der Waals surface area (Å²) in [4.78, 5) is 50.4. The number of rotatable bonds is 13. The van der Waals surface area contributed by atoms with E-state index in [1.54, 1.807) is 26.9 Å². The molecule has 3 aromatic carbocycles. The average molecular weight is 662 g/mol. The van der Waals surface area contributed by atoms with Crippen molar-refractivity contribution < 1.29 is 24.2 Å². The van der Waals surface area contributed by atoms with Crippen LogP contribution in [0.1, 0.15) is 42.9 Å². The number of hydrogen-bond acceptors (Lipinski definition) is 5. The lowest BCUT2D eigenvalue weighted by molar-refractivity contribution is -0.149. The third-order valence-corrected chi connectivity index (χ3v) is 11.0. The molecule has 1 spiro atoms. The first-order valence-electron chi connectivity index (χ1n) is 17.3. The summed E-state index contributed by atoms with van der Waals surface area (Å²) < 4.78 is 7.13.